The third kappa shape index (κ3) is 39.3. The lowest BCUT2D eigenvalue weighted by atomic mass is 9.91. The van der Waals surface area contributed by atoms with Crippen LogP contribution < -0.4 is 0 Å². The summed E-state index contributed by atoms with van der Waals surface area (Å²) in [6.45, 7) is 67.8. The molecule has 0 N–H and O–H groups in total. The summed E-state index contributed by atoms with van der Waals surface area (Å²) in [4.78, 5) is 16.4. The molecule has 30 heteroatoms. The monoisotopic (exact) mass is 2130 g/mol. The fraction of sp³-hybridized carbons (Fsp3) is 0.625. The number of hydrogen-bond acceptors (Lipinski definition) is 14. The van der Waals surface area contributed by atoms with Crippen LogP contribution in [0.5, 0.6) is 0 Å². The Labute approximate surface area is 878 Å². The van der Waals surface area contributed by atoms with E-state index in [1.165, 1.54) is 72.8 Å². The molecule has 7 aliphatic rings. The molecule has 7 aromatic rings. The Morgan fingerprint density at radius 3 is 0.958 bits per heavy atom. The second kappa shape index (κ2) is 61.0. The molecule has 14 nitrogen and oxygen atoms in total. The predicted molar refractivity (Wildman–Crippen MR) is 569 cm³/mol. The molecular weight excluding hydrogens is 1970 g/mol. The first-order chi connectivity index (χ1) is 67.2. The van der Waals surface area contributed by atoms with Crippen molar-refractivity contribution < 1.29 is 72.7 Å². The molecule has 142 heavy (non-hydrogen) atoms. The van der Waals surface area contributed by atoms with Gasteiger partial charge in [0.05, 0.1) is 119 Å². The van der Waals surface area contributed by atoms with Gasteiger partial charge in [0.1, 0.15) is 0 Å². The van der Waals surface area contributed by atoms with Crippen LogP contribution in [0.25, 0.3) is 0 Å². The van der Waals surface area contributed by atoms with Gasteiger partial charge in [0.15, 0.2) is 0 Å². The van der Waals surface area contributed by atoms with E-state index >= 15 is 0 Å². The topological polar surface area (TPSA) is 87.3 Å². The number of alkyl halides is 9. The number of rotatable bonds is 28. The maximum Gasteiger partial charge on any atom is 0.418 e. The minimum Gasteiger partial charge on any atom is -0.379 e. The van der Waals surface area contributed by atoms with Crippen molar-refractivity contribution in [3.05, 3.63) is 237 Å². The van der Waals surface area contributed by atoms with Crippen molar-refractivity contribution in [1.82, 2.24) is 34.3 Å². The molecule has 0 amide bonds. The Kier molecular flexibility index (Phi) is 52.7. The van der Waals surface area contributed by atoms with Gasteiger partial charge in [-0.3, -0.25) is 34.3 Å². The average molecular weight is 2130 g/mol. The van der Waals surface area contributed by atoms with Crippen LogP contribution >= 0.6 is 81.2 Å². The molecule has 0 aromatic heterocycles. The van der Waals surface area contributed by atoms with Crippen LogP contribution in [0.1, 0.15) is 255 Å². The maximum absolute atomic E-state index is 13.4. The van der Waals surface area contributed by atoms with Crippen molar-refractivity contribution in [3.63, 3.8) is 0 Å². The van der Waals surface area contributed by atoms with Crippen LogP contribution in [-0.2, 0) is 96.6 Å². The number of halogens is 16. The number of benzene rings is 7. The predicted octanol–water partition coefficient (Wildman–Crippen LogP) is 27.7. The lowest BCUT2D eigenvalue weighted by Gasteiger charge is -2.27. The van der Waals surface area contributed by atoms with E-state index in [2.05, 4.69) is 160 Å². The van der Waals surface area contributed by atoms with E-state index < -0.39 is 35.2 Å². The lowest BCUT2D eigenvalue weighted by molar-refractivity contribution is -0.139. The largest absolute Gasteiger partial charge is 0.418 e. The molecule has 7 aliphatic heterocycles. The van der Waals surface area contributed by atoms with Gasteiger partial charge in [0.2, 0.25) is 0 Å². The molecule has 0 bridgehead atoms. The molecule has 7 saturated heterocycles. The molecule has 7 heterocycles. The zero-order valence-corrected chi connectivity index (χ0v) is 92.7. The Morgan fingerprint density at radius 2 is 0.577 bits per heavy atom. The summed E-state index contributed by atoms with van der Waals surface area (Å²) in [6.07, 6.45) is -7.63. The Balaban J connectivity index is 0.000000203. The third-order valence-electron chi connectivity index (χ3n) is 27.5. The zero-order chi connectivity index (χ0) is 104. The number of nitrogens with zero attached hydrogens (tertiary/aromatic N) is 7. The molecule has 0 unspecified atom stereocenters. The first-order valence-corrected chi connectivity index (χ1v) is 53.8. The second-order valence-electron chi connectivity index (χ2n) is 40.1. The summed E-state index contributed by atoms with van der Waals surface area (Å²) in [5.74, 6) is 1.98. The number of aryl methyl sites for hydroxylation is 2. The van der Waals surface area contributed by atoms with Crippen LogP contribution in [0, 0.1) is 27.7 Å². The Bertz CT molecular complexity index is 4840. The van der Waals surface area contributed by atoms with Crippen LogP contribution in [0.2, 0.25) is 35.2 Å². The van der Waals surface area contributed by atoms with Gasteiger partial charge in [0, 0.05) is 163 Å². The van der Waals surface area contributed by atoms with Crippen molar-refractivity contribution >= 4 is 81.2 Å². The van der Waals surface area contributed by atoms with E-state index in [-0.39, 0.29) is 43.9 Å². The summed E-state index contributed by atoms with van der Waals surface area (Å²) in [7, 11) is 0. The third-order valence-corrected chi connectivity index (χ3v) is 30.4. The molecule has 0 atom stereocenters. The van der Waals surface area contributed by atoms with Crippen LogP contribution in [0.15, 0.2) is 84.9 Å². The van der Waals surface area contributed by atoms with E-state index in [4.69, 9.17) is 114 Å². The van der Waals surface area contributed by atoms with Crippen LogP contribution in [0.3, 0.4) is 0 Å². The highest BCUT2D eigenvalue weighted by Crippen LogP contribution is 2.45. The molecule has 14 rings (SSSR count). The van der Waals surface area contributed by atoms with Gasteiger partial charge in [0.25, 0.3) is 0 Å². The summed E-state index contributed by atoms with van der Waals surface area (Å²) in [5.41, 5.74) is 17.0. The lowest BCUT2D eigenvalue weighted by Crippen LogP contribution is -2.37. The van der Waals surface area contributed by atoms with Gasteiger partial charge in [-0.25, -0.2) is 0 Å². The quantitative estimate of drug-likeness (QED) is 0.0436. The molecule has 0 aliphatic carbocycles. The molecule has 7 fully saturated rings. The van der Waals surface area contributed by atoms with Crippen molar-refractivity contribution in [2.75, 3.05) is 230 Å². The fourth-order valence-electron chi connectivity index (χ4n) is 18.9. The smallest absolute Gasteiger partial charge is 0.379 e. The summed E-state index contributed by atoms with van der Waals surface area (Å²) >= 11 is 44.0. The van der Waals surface area contributed by atoms with Crippen molar-refractivity contribution in [2.24, 2.45) is 0 Å². The normalized spacial score (nSPS) is 17.2. The average Bonchev–Trinajstić information content (AvgIpc) is 0.731. The Morgan fingerprint density at radius 1 is 0.254 bits per heavy atom. The first kappa shape index (κ1) is 123. The molecule has 7 aromatic carbocycles. The van der Waals surface area contributed by atoms with Crippen LogP contribution in [0.4, 0.5) is 39.5 Å². The van der Waals surface area contributed by atoms with Gasteiger partial charge in [-0.05, 0) is 245 Å². The van der Waals surface area contributed by atoms with Crippen molar-refractivity contribution in [1.29, 1.82) is 0 Å². The first-order valence-electron chi connectivity index (χ1n) is 51.1. The van der Waals surface area contributed by atoms with E-state index in [1.807, 2.05) is 33.8 Å². The maximum atomic E-state index is 13.4. The van der Waals surface area contributed by atoms with Gasteiger partial charge < -0.3 is 33.2 Å². The SMILES string of the molecule is CC(C)c1c(Cl)cc(CCN2CCOCC2)cc1C(F)(F)F.CC(C)c1ccc(C(F)(F)F)c(Cl)c1CCN1CCOCC1.CC(C)c1ccc(CCN2CCOCC2)c(C(F)(F)F)c1Cl.Cc1c(C(C)C)ccc(CCN2CCOCC2)c1Cl.Cc1c(Cl)ccc(C(C)C)c1CCN1CCOCC1.Cc1cc(CCN2CCOCC2)c(Cl)cc1C(C)C.Cc1ccc(C(C)C)c(CCN2CCOCC2)c1Cl. The Hall–Kier alpha value is -4.62. The highest BCUT2D eigenvalue weighted by Gasteiger charge is 2.39. The van der Waals surface area contributed by atoms with E-state index in [9.17, 15) is 39.5 Å². The van der Waals surface area contributed by atoms with Gasteiger partial charge in [-0.15, -0.1) is 0 Å². The van der Waals surface area contributed by atoms with E-state index in [0.717, 1.165) is 235 Å². The molecule has 796 valence electrons. The molecule has 0 radical (unpaired) electrons. The van der Waals surface area contributed by atoms with Crippen molar-refractivity contribution in [2.45, 2.75) is 230 Å². The summed E-state index contributed by atoms with van der Waals surface area (Å²) in [6, 6.07) is 26.3. The molecular formula is C112H159Cl7F9N7O7. The number of hydrogen-bond donors (Lipinski definition) is 0. The van der Waals surface area contributed by atoms with Gasteiger partial charge in [-0.2, -0.15) is 39.5 Å². The number of ether oxygens (including phenoxy) is 7. The standard InChI is InChI=1S/3C16H21ClF3NO.4C16H24ClNO/c1-11(2)15-13(16(18,19)20)9-12(10-14(15)17)3-4-21-5-7-22-8-6-21;1-11(2)12-3-4-14(16(18,19)20)15(17)13(12)5-6-21-7-9-22-10-8-21;1-11(2)13-4-3-12(14(15(13)17)16(18,19)20)5-6-21-7-9-22-10-8-21;1-12(2)15-11-16(17)14(10-13(15)3)4-5-18-6-8-19-9-7-18;1-12(2)14-4-5-16(17)13(3)15(14)6-7-18-8-10-19-11-9-18;1-12(2)15-5-4-14(16(17)13(15)3)6-7-18-8-10-19-11-9-18;1-12(2)14-5-4-13(3)16(17)15(14)6-7-18-8-10-19-11-9-18/h9-11H,3-8H2,1-2H3;2*3-4,11H,5-10H2,1-2H3;10-12H,4-9H2,1-3H3;3*4-5,12H,6-11H2,1-3H3. The van der Waals surface area contributed by atoms with E-state index in [0.29, 0.717) is 112 Å². The molecule has 0 spiro atoms. The van der Waals surface area contributed by atoms with E-state index in [1.54, 1.807) is 38.1 Å². The van der Waals surface area contributed by atoms with Gasteiger partial charge >= 0.3 is 18.5 Å². The highest BCUT2D eigenvalue weighted by molar-refractivity contribution is 6.34. The summed E-state index contributed by atoms with van der Waals surface area (Å²) < 4.78 is 156. The number of morpholine rings is 7. The molecule has 0 saturated carbocycles. The minimum absolute atomic E-state index is 0.0399. The van der Waals surface area contributed by atoms with Crippen LogP contribution in [-0.4, -0.2) is 264 Å². The fourth-order valence-corrected chi connectivity index (χ4v) is 21.2. The summed E-state index contributed by atoms with van der Waals surface area (Å²) in [5, 5.41) is 3.64. The highest BCUT2D eigenvalue weighted by atomic mass is 35.5. The van der Waals surface area contributed by atoms with Crippen molar-refractivity contribution in [3.8, 4) is 0 Å². The zero-order valence-electron chi connectivity index (χ0n) is 87.4. The minimum atomic E-state index is -4.43. The van der Waals surface area contributed by atoms with Gasteiger partial charge in [-0.1, -0.05) is 233 Å². The second-order valence-corrected chi connectivity index (χ2v) is 42.8.